The molecule has 1 fully saturated rings. The quantitative estimate of drug-likeness (QED) is 0.672. The average molecular weight is 264 g/mol. The second-order valence-electron chi connectivity index (χ2n) is 5.14. The van der Waals surface area contributed by atoms with Crippen molar-refractivity contribution < 1.29 is 5.11 Å². The first kappa shape index (κ1) is 14.1. The number of hydrogen-bond acceptors (Lipinski definition) is 5. The molecule has 1 atom stereocenters. The molecule has 1 saturated carbocycles. The maximum absolute atomic E-state index is 9.60. The fourth-order valence-electron chi connectivity index (χ4n) is 1.79. The van der Waals surface area contributed by atoms with Crippen LogP contribution in [0.2, 0.25) is 0 Å². The van der Waals surface area contributed by atoms with E-state index in [1.54, 1.807) is 0 Å². The van der Waals surface area contributed by atoms with Gasteiger partial charge in [-0.25, -0.2) is 9.97 Å². The highest BCUT2D eigenvalue weighted by Crippen LogP contribution is 2.38. The molecule has 5 nitrogen and oxygen atoms in total. The number of rotatable bonds is 8. The van der Waals surface area contributed by atoms with E-state index in [1.165, 1.54) is 12.8 Å². The van der Waals surface area contributed by atoms with Crippen molar-refractivity contribution in [1.82, 2.24) is 9.97 Å². The summed E-state index contributed by atoms with van der Waals surface area (Å²) in [7, 11) is 0. The summed E-state index contributed by atoms with van der Waals surface area (Å²) in [6.45, 7) is 5.55. The van der Waals surface area contributed by atoms with Crippen molar-refractivity contribution in [3.05, 3.63) is 11.9 Å². The van der Waals surface area contributed by atoms with Crippen LogP contribution in [0.25, 0.3) is 0 Å². The second kappa shape index (κ2) is 6.70. The molecule has 0 amide bonds. The molecule has 1 aromatic heterocycles. The fourth-order valence-corrected chi connectivity index (χ4v) is 1.79. The van der Waals surface area contributed by atoms with Crippen LogP contribution < -0.4 is 10.6 Å². The molecule has 1 aliphatic carbocycles. The Morgan fingerprint density at radius 1 is 1.26 bits per heavy atom. The fraction of sp³-hybridized carbons (Fsp3) is 0.714. The summed E-state index contributed by atoms with van der Waals surface area (Å²) >= 11 is 0. The first-order valence-electron chi connectivity index (χ1n) is 7.27. The molecule has 0 bridgehead atoms. The zero-order chi connectivity index (χ0) is 13.7. The van der Waals surface area contributed by atoms with Gasteiger partial charge in [0.25, 0.3) is 0 Å². The number of anilines is 2. The van der Waals surface area contributed by atoms with E-state index < -0.39 is 0 Å². The summed E-state index contributed by atoms with van der Waals surface area (Å²) in [6.07, 6.45) is 3.86. The van der Waals surface area contributed by atoms with Gasteiger partial charge in [-0.15, -0.1) is 0 Å². The Balaban J connectivity index is 2.05. The number of aliphatic hydroxyl groups excluding tert-OH is 1. The third-order valence-corrected chi connectivity index (χ3v) is 3.23. The van der Waals surface area contributed by atoms with E-state index in [-0.39, 0.29) is 6.10 Å². The summed E-state index contributed by atoms with van der Waals surface area (Å²) < 4.78 is 0. The molecular formula is C14H24N4O. The van der Waals surface area contributed by atoms with E-state index in [4.69, 9.17) is 0 Å². The largest absolute Gasteiger partial charge is 0.391 e. The maximum Gasteiger partial charge on any atom is 0.136 e. The van der Waals surface area contributed by atoms with Gasteiger partial charge in [0.2, 0.25) is 0 Å². The molecule has 0 spiro atoms. The van der Waals surface area contributed by atoms with Crippen LogP contribution >= 0.6 is 0 Å². The van der Waals surface area contributed by atoms with Crippen LogP contribution in [-0.4, -0.2) is 34.3 Å². The zero-order valence-corrected chi connectivity index (χ0v) is 11.8. The van der Waals surface area contributed by atoms with E-state index in [2.05, 4.69) is 27.5 Å². The number of hydrogen-bond donors (Lipinski definition) is 3. The smallest absolute Gasteiger partial charge is 0.136 e. The molecule has 106 valence electrons. The Labute approximate surface area is 114 Å². The number of nitrogens with zero attached hydrogens (tertiary/aromatic N) is 2. The lowest BCUT2D eigenvalue weighted by Gasteiger charge is -2.13. The van der Waals surface area contributed by atoms with Gasteiger partial charge < -0.3 is 15.7 Å². The maximum atomic E-state index is 9.60. The zero-order valence-electron chi connectivity index (χ0n) is 11.8. The highest BCUT2D eigenvalue weighted by Gasteiger charge is 2.27. The van der Waals surface area contributed by atoms with Crippen LogP contribution in [0.1, 0.15) is 51.3 Å². The van der Waals surface area contributed by atoms with E-state index in [1.807, 2.05) is 13.0 Å². The molecular weight excluding hydrogens is 240 g/mol. The summed E-state index contributed by atoms with van der Waals surface area (Å²) in [6, 6.07) is 1.92. The van der Waals surface area contributed by atoms with Crippen molar-refractivity contribution in [3.8, 4) is 0 Å². The molecule has 0 aliphatic heterocycles. The Morgan fingerprint density at radius 2 is 1.95 bits per heavy atom. The summed E-state index contributed by atoms with van der Waals surface area (Å²) in [5.41, 5.74) is 0. The normalized spacial score (nSPS) is 16.2. The van der Waals surface area contributed by atoms with Crippen LogP contribution in [0.3, 0.4) is 0 Å². The second-order valence-corrected chi connectivity index (χ2v) is 5.14. The van der Waals surface area contributed by atoms with Crippen molar-refractivity contribution in [2.45, 2.75) is 51.6 Å². The van der Waals surface area contributed by atoms with Gasteiger partial charge >= 0.3 is 0 Å². The Kier molecular flexibility index (Phi) is 4.96. The number of nitrogens with one attached hydrogen (secondary N) is 2. The molecule has 1 aliphatic rings. The Morgan fingerprint density at radius 3 is 2.53 bits per heavy atom. The van der Waals surface area contributed by atoms with Crippen molar-refractivity contribution in [2.24, 2.45) is 0 Å². The highest BCUT2D eigenvalue weighted by molar-refractivity contribution is 5.48. The minimum atomic E-state index is -0.327. The van der Waals surface area contributed by atoms with Crippen molar-refractivity contribution in [1.29, 1.82) is 0 Å². The van der Waals surface area contributed by atoms with Gasteiger partial charge in [-0.3, -0.25) is 0 Å². The standard InChI is InChI=1S/C14H24N4O/c1-3-7-15-12-8-13(16-9-11(19)4-2)18-14(17-12)10-5-6-10/h8,10-11,19H,3-7,9H2,1-2H3,(H2,15,16,17,18). The molecule has 19 heavy (non-hydrogen) atoms. The van der Waals surface area contributed by atoms with E-state index in [0.29, 0.717) is 12.5 Å². The van der Waals surface area contributed by atoms with Crippen LogP contribution in [0, 0.1) is 0 Å². The number of aromatic nitrogens is 2. The van der Waals surface area contributed by atoms with Gasteiger partial charge in [0.15, 0.2) is 0 Å². The monoisotopic (exact) mass is 264 g/mol. The SMILES string of the molecule is CCCNc1cc(NCC(O)CC)nc(C2CC2)n1. The summed E-state index contributed by atoms with van der Waals surface area (Å²) in [5.74, 6) is 3.14. The minimum absolute atomic E-state index is 0.327. The van der Waals surface area contributed by atoms with Crippen LogP contribution in [-0.2, 0) is 0 Å². The lowest BCUT2D eigenvalue weighted by atomic mass is 10.3. The Hall–Kier alpha value is -1.36. The van der Waals surface area contributed by atoms with E-state index in [9.17, 15) is 5.11 Å². The molecule has 0 saturated heterocycles. The average Bonchev–Trinajstić information content (AvgIpc) is 3.26. The van der Waals surface area contributed by atoms with Gasteiger partial charge in [-0.2, -0.15) is 0 Å². The van der Waals surface area contributed by atoms with Gasteiger partial charge in [0.1, 0.15) is 17.5 Å². The summed E-state index contributed by atoms with van der Waals surface area (Å²) in [5, 5.41) is 16.1. The molecule has 2 rings (SSSR count). The van der Waals surface area contributed by atoms with Crippen LogP contribution in [0.5, 0.6) is 0 Å². The van der Waals surface area contributed by atoms with E-state index in [0.717, 1.165) is 36.8 Å². The molecule has 0 aromatic carbocycles. The minimum Gasteiger partial charge on any atom is -0.391 e. The van der Waals surface area contributed by atoms with Gasteiger partial charge in [0, 0.05) is 25.1 Å². The van der Waals surface area contributed by atoms with Gasteiger partial charge in [0.05, 0.1) is 6.10 Å². The number of aliphatic hydroxyl groups is 1. The van der Waals surface area contributed by atoms with Crippen molar-refractivity contribution in [2.75, 3.05) is 23.7 Å². The topological polar surface area (TPSA) is 70.1 Å². The molecule has 1 unspecified atom stereocenters. The predicted octanol–water partition coefficient (Wildman–Crippen LogP) is 2.36. The highest BCUT2D eigenvalue weighted by atomic mass is 16.3. The summed E-state index contributed by atoms with van der Waals surface area (Å²) in [4.78, 5) is 9.09. The van der Waals surface area contributed by atoms with Crippen LogP contribution in [0.15, 0.2) is 6.07 Å². The van der Waals surface area contributed by atoms with Gasteiger partial charge in [-0.1, -0.05) is 13.8 Å². The lowest BCUT2D eigenvalue weighted by Crippen LogP contribution is -2.19. The molecule has 1 aromatic rings. The first-order valence-corrected chi connectivity index (χ1v) is 7.27. The lowest BCUT2D eigenvalue weighted by molar-refractivity contribution is 0.183. The van der Waals surface area contributed by atoms with Crippen molar-refractivity contribution in [3.63, 3.8) is 0 Å². The van der Waals surface area contributed by atoms with Gasteiger partial charge in [-0.05, 0) is 25.7 Å². The third-order valence-electron chi connectivity index (χ3n) is 3.23. The molecule has 0 radical (unpaired) electrons. The molecule has 1 heterocycles. The molecule has 3 N–H and O–H groups in total. The van der Waals surface area contributed by atoms with E-state index >= 15 is 0 Å². The molecule has 5 heteroatoms. The van der Waals surface area contributed by atoms with Crippen LogP contribution in [0.4, 0.5) is 11.6 Å². The third kappa shape index (κ3) is 4.35. The predicted molar refractivity (Wildman–Crippen MR) is 77.6 cm³/mol. The Bertz CT molecular complexity index is 406. The first-order chi connectivity index (χ1) is 9.22. The van der Waals surface area contributed by atoms with Crippen molar-refractivity contribution >= 4 is 11.6 Å².